The summed E-state index contributed by atoms with van der Waals surface area (Å²) in [5.41, 5.74) is -0.798. The number of carbonyl (C=O) groups is 1. The molecule has 84 valence electrons. The zero-order valence-corrected chi connectivity index (χ0v) is 8.29. The Bertz CT molecular complexity index is 430. The molecule has 0 spiro atoms. The molecule has 0 heterocycles. The number of rotatable bonds is 3. The molecular weight excluding hydrogens is 217 g/mol. The van der Waals surface area contributed by atoms with Crippen LogP contribution in [0.3, 0.4) is 0 Å². The molecule has 0 aliphatic rings. The van der Waals surface area contributed by atoms with Gasteiger partial charge in [0.2, 0.25) is 0 Å². The molecule has 0 aromatic heterocycles. The molecule has 0 aliphatic carbocycles. The summed E-state index contributed by atoms with van der Waals surface area (Å²) in [6.07, 6.45) is -1.20. The molecule has 1 nitrogen and oxygen atoms in total. The zero-order chi connectivity index (χ0) is 12.2. The van der Waals surface area contributed by atoms with Crippen molar-refractivity contribution in [2.24, 2.45) is 0 Å². The van der Waals surface area contributed by atoms with E-state index in [-0.39, 0.29) is 5.56 Å². The molecule has 1 aromatic carbocycles. The van der Waals surface area contributed by atoms with Crippen LogP contribution in [0.5, 0.6) is 0 Å². The van der Waals surface area contributed by atoms with Gasteiger partial charge in [-0.25, -0.2) is 0 Å². The van der Waals surface area contributed by atoms with E-state index in [1.807, 2.05) is 0 Å². The van der Waals surface area contributed by atoms with Crippen molar-refractivity contribution in [2.75, 3.05) is 0 Å². The molecule has 0 saturated carbocycles. The summed E-state index contributed by atoms with van der Waals surface area (Å²) in [6.45, 7) is 3.22. The Morgan fingerprint density at radius 3 is 2.44 bits per heavy atom. The van der Waals surface area contributed by atoms with Crippen molar-refractivity contribution in [2.45, 2.75) is 6.18 Å². The molecule has 0 unspecified atom stereocenters. The number of ketones is 1. The first-order valence-electron chi connectivity index (χ1n) is 4.46. The van der Waals surface area contributed by atoms with E-state index in [0.717, 1.165) is 24.3 Å². The fraction of sp³-hybridized carbons (Fsp3) is 0.0833. The predicted molar refractivity (Wildman–Crippen MR) is 55.7 cm³/mol. The highest BCUT2D eigenvalue weighted by Crippen LogP contribution is 2.32. The van der Waals surface area contributed by atoms with Gasteiger partial charge in [0.25, 0.3) is 0 Å². The Balaban J connectivity index is 3.10. The van der Waals surface area contributed by atoms with E-state index >= 15 is 0 Å². The maximum absolute atomic E-state index is 12.5. The van der Waals surface area contributed by atoms with Crippen LogP contribution in [-0.4, -0.2) is 5.78 Å². The minimum Gasteiger partial charge on any atom is -0.290 e. The van der Waals surface area contributed by atoms with Crippen LogP contribution < -0.4 is 0 Å². The van der Waals surface area contributed by atoms with Gasteiger partial charge in [-0.1, -0.05) is 30.9 Å². The molecule has 4 heteroatoms. The lowest BCUT2D eigenvalue weighted by Crippen LogP contribution is -2.06. The van der Waals surface area contributed by atoms with Gasteiger partial charge in [-0.3, -0.25) is 4.79 Å². The van der Waals surface area contributed by atoms with Gasteiger partial charge in [0.15, 0.2) is 5.78 Å². The molecule has 0 fully saturated rings. The SMILES string of the molecule is C=CC(=O)/C=C/c1ccccc1C(F)(F)F. The highest BCUT2D eigenvalue weighted by Gasteiger charge is 2.32. The molecule has 16 heavy (non-hydrogen) atoms. The number of hydrogen-bond acceptors (Lipinski definition) is 1. The summed E-state index contributed by atoms with van der Waals surface area (Å²) in [4.78, 5) is 10.9. The average molecular weight is 226 g/mol. The van der Waals surface area contributed by atoms with Gasteiger partial charge in [0, 0.05) is 0 Å². The molecule has 0 aliphatic heterocycles. The fourth-order valence-corrected chi connectivity index (χ4v) is 1.14. The van der Waals surface area contributed by atoms with E-state index in [1.165, 1.54) is 18.2 Å². The minimum absolute atomic E-state index is 0.0369. The molecular formula is C12H9F3O. The molecule has 0 saturated heterocycles. The summed E-state index contributed by atoms with van der Waals surface area (Å²) in [5, 5.41) is 0. The van der Waals surface area contributed by atoms with Crippen molar-refractivity contribution in [3.05, 3.63) is 54.1 Å². The standard InChI is InChI=1S/C12H9F3O/c1-2-10(16)8-7-9-5-3-4-6-11(9)12(13,14)15/h2-8H,1H2/b8-7+. The van der Waals surface area contributed by atoms with Gasteiger partial charge in [-0.2, -0.15) is 13.2 Å². The molecule has 0 amide bonds. The molecule has 1 rings (SSSR count). The predicted octanol–water partition coefficient (Wildman–Crippen LogP) is 3.47. The molecule has 0 N–H and O–H groups in total. The average Bonchev–Trinajstić information content (AvgIpc) is 2.25. The smallest absolute Gasteiger partial charge is 0.290 e. The van der Waals surface area contributed by atoms with Crippen molar-refractivity contribution in [3.8, 4) is 0 Å². The second kappa shape index (κ2) is 4.79. The largest absolute Gasteiger partial charge is 0.416 e. The van der Waals surface area contributed by atoms with Gasteiger partial charge in [0.05, 0.1) is 5.56 Å². The number of halogens is 3. The van der Waals surface area contributed by atoms with Crippen molar-refractivity contribution < 1.29 is 18.0 Å². The highest BCUT2D eigenvalue weighted by atomic mass is 19.4. The first kappa shape index (κ1) is 12.2. The van der Waals surface area contributed by atoms with Gasteiger partial charge >= 0.3 is 6.18 Å². The van der Waals surface area contributed by atoms with Crippen molar-refractivity contribution in [1.82, 2.24) is 0 Å². The summed E-state index contributed by atoms with van der Waals surface area (Å²) < 4.78 is 37.5. The Hall–Kier alpha value is -1.84. The Morgan fingerprint density at radius 2 is 1.88 bits per heavy atom. The van der Waals surface area contributed by atoms with Gasteiger partial charge in [-0.15, -0.1) is 0 Å². The van der Waals surface area contributed by atoms with Gasteiger partial charge < -0.3 is 0 Å². The van der Waals surface area contributed by atoms with Crippen LogP contribution in [0, 0.1) is 0 Å². The third kappa shape index (κ3) is 3.08. The summed E-state index contributed by atoms with van der Waals surface area (Å²) >= 11 is 0. The second-order valence-electron chi connectivity index (χ2n) is 3.02. The fourth-order valence-electron chi connectivity index (χ4n) is 1.14. The van der Waals surface area contributed by atoms with Crippen LogP contribution >= 0.6 is 0 Å². The first-order chi connectivity index (χ1) is 7.45. The topological polar surface area (TPSA) is 17.1 Å². The van der Waals surface area contributed by atoms with E-state index in [4.69, 9.17) is 0 Å². The van der Waals surface area contributed by atoms with E-state index in [1.54, 1.807) is 0 Å². The van der Waals surface area contributed by atoms with Crippen LogP contribution in [0.2, 0.25) is 0 Å². The quantitative estimate of drug-likeness (QED) is 0.721. The van der Waals surface area contributed by atoms with Gasteiger partial charge in [0.1, 0.15) is 0 Å². The Morgan fingerprint density at radius 1 is 1.25 bits per heavy atom. The van der Waals surface area contributed by atoms with Crippen LogP contribution in [-0.2, 0) is 11.0 Å². The van der Waals surface area contributed by atoms with Crippen molar-refractivity contribution in [1.29, 1.82) is 0 Å². The minimum atomic E-state index is -4.42. The van der Waals surface area contributed by atoms with Gasteiger partial charge in [-0.05, 0) is 23.8 Å². The van der Waals surface area contributed by atoms with E-state index < -0.39 is 17.5 Å². The molecule has 0 radical (unpaired) electrons. The summed E-state index contributed by atoms with van der Waals surface area (Å²) in [7, 11) is 0. The maximum Gasteiger partial charge on any atom is 0.416 e. The maximum atomic E-state index is 12.5. The van der Waals surface area contributed by atoms with E-state index in [0.29, 0.717) is 0 Å². The second-order valence-corrected chi connectivity index (χ2v) is 3.02. The van der Waals surface area contributed by atoms with Crippen molar-refractivity contribution in [3.63, 3.8) is 0 Å². The summed E-state index contributed by atoms with van der Waals surface area (Å²) in [6, 6.07) is 5.05. The molecule has 0 bridgehead atoms. The van der Waals surface area contributed by atoms with Crippen LogP contribution in [0.1, 0.15) is 11.1 Å². The zero-order valence-electron chi connectivity index (χ0n) is 8.29. The van der Waals surface area contributed by atoms with E-state index in [9.17, 15) is 18.0 Å². The highest BCUT2D eigenvalue weighted by molar-refractivity contribution is 6.01. The number of alkyl halides is 3. The van der Waals surface area contributed by atoms with Crippen LogP contribution in [0.4, 0.5) is 13.2 Å². The molecule has 0 atom stereocenters. The van der Waals surface area contributed by atoms with Crippen LogP contribution in [0.15, 0.2) is 43.0 Å². The summed E-state index contributed by atoms with van der Waals surface area (Å²) in [5.74, 6) is -0.433. The third-order valence-corrected chi connectivity index (χ3v) is 1.89. The Labute approximate surface area is 90.9 Å². The lowest BCUT2D eigenvalue weighted by atomic mass is 10.1. The lowest BCUT2D eigenvalue weighted by Gasteiger charge is -2.09. The first-order valence-corrected chi connectivity index (χ1v) is 4.46. The number of benzene rings is 1. The number of hydrogen-bond donors (Lipinski definition) is 0. The van der Waals surface area contributed by atoms with Crippen LogP contribution in [0.25, 0.3) is 6.08 Å². The molecule has 1 aromatic rings. The van der Waals surface area contributed by atoms with Crippen molar-refractivity contribution >= 4 is 11.9 Å². The Kier molecular flexibility index (Phi) is 3.66. The van der Waals surface area contributed by atoms with E-state index in [2.05, 4.69) is 6.58 Å². The number of carbonyl (C=O) groups excluding carboxylic acids is 1. The monoisotopic (exact) mass is 226 g/mol. The number of allylic oxidation sites excluding steroid dienone is 2. The normalized spacial score (nSPS) is 11.7. The third-order valence-electron chi connectivity index (χ3n) is 1.89. The lowest BCUT2D eigenvalue weighted by molar-refractivity contribution is -0.137.